The summed E-state index contributed by atoms with van der Waals surface area (Å²) in [4.78, 5) is 13.4. The number of carbonyl (C=O) groups is 1. The largest absolute Gasteiger partial charge is 0.342 e. The Kier molecular flexibility index (Phi) is 1.44. The number of likely N-dealkylation sites (tertiary alicyclic amines) is 1. The Hall–Kier alpha value is -0.530. The van der Waals surface area contributed by atoms with E-state index in [9.17, 15) is 4.79 Å². The molecule has 1 amide bonds. The highest BCUT2D eigenvalue weighted by Gasteiger charge is 2.45. The lowest BCUT2D eigenvalue weighted by molar-refractivity contribution is -0.130. The standard InChI is InChI=1S/C9H15NO/c1-6-7-4-3-5-8(7)10(2)9(6)11/h6-8H,3-5H2,1-2H3. The maximum Gasteiger partial charge on any atom is 0.225 e. The molecule has 1 saturated carbocycles. The lowest BCUT2D eigenvalue weighted by atomic mass is 9.94. The van der Waals surface area contributed by atoms with Crippen LogP contribution in [0.5, 0.6) is 0 Å². The van der Waals surface area contributed by atoms with E-state index in [1.165, 1.54) is 19.3 Å². The van der Waals surface area contributed by atoms with E-state index in [1.54, 1.807) is 0 Å². The van der Waals surface area contributed by atoms with Crippen molar-refractivity contribution in [2.24, 2.45) is 11.8 Å². The molecule has 1 saturated heterocycles. The van der Waals surface area contributed by atoms with Crippen molar-refractivity contribution >= 4 is 5.91 Å². The van der Waals surface area contributed by atoms with Gasteiger partial charge in [0.05, 0.1) is 0 Å². The van der Waals surface area contributed by atoms with Crippen molar-refractivity contribution in [3.63, 3.8) is 0 Å². The lowest BCUT2D eigenvalue weighted by Crippen LogP contribution is -2.28. The molecular weight excluding hydrogens is 138 g/mol. The highest BCUT2D eigenvalue weighted by molar-refractivity contribution is 5.81. The van der Waals surface area contributed by atoms with Crippen molar-refractivity contribution < 1.29 is 4.79 Å². The predicted octanol–water partition coefficient (Wildman–Crippen LogP) is 1.26. The van der Waals surface area contributed by atoms with Gasteiger partial charge >= 0.3 is 0 Å². The SMILES string of the molecule is CC1C(=O)N(C)C2CCCC12. The average molecular weight is 153 g/mol. The first kappa shape index (κ1) is 7.14. The first-order valence-corrected chi connectivity index (χ1v) is 4.48. The van der Waals surface area contributed by atoms with Crippen LogP contribution in [-0.4, -0.2) is 23.9 Å². The third-order valence-corrected chi connectivity index (χ3v) is 3.41. The number of fused-ring (bicyclic) bond motifs is 1. The zero-order valence-electron chi connectivity index (χ0n) is 7.21. The Morgan fingerprint density at radius 2 is 2.18 bits per heavy atom. The number of carbonyl (C=O) groups excluding carboxylic acids is 1. The minimum Gasteiger partial charge on any atom is -0.342 e. The molecule has 0 radical (unpaired) electrons. The van der Waals surface area contributed by atoms with Gasteiger partial charge in [-0.25, -0.2) is 0 Å². The highest BCUT2D eigenvalue weighted by Crippen LogP contribution is 2.40. The Labute approximate surface area is 67.6 Å². The summed E-state index contributed by atoms with van der Waals surface area (Å²) in [5.74, 6) is 1.33. The first-order chi connectivity index (χ1) is 5.22. The van der Waals surface area contributed by atoms with Crippen molar-refractivity contribution in [3.8, 4) is 0 Å². The van der Waals surface area contributed by atoms with E-state index in [1.807, 2.05) is 11.9 Å². The van der Waals surface area contributed by atoms with Crippen LogP contribution in [-0.2, 0) is 4.79 Å². The second-order valence-corrected chi connectivity index (χ2v) is 3.90. The molecule has 1 aliphatic carbocycles. The molecule has 2 fully saturated rings. The molecule has 2 aliphatic rings. The Balaban J connectivity index is 2.23. The van der Waals surface area contributed by atoms with Crippen LogP contribution < -0.4 is 0 Å². The van der Waals surface area contributed by atoms with Gasteiger partial charge < -0.3 is 4.90 Å². The zero-order chi connectivity index (χ0) is 8.01. The number of rotatable bonds is 0. The van der Waals surface area contributed by atoms with Crippen LogP contribution in [0.1, 0.15) is 26.2 Å². The van der Waals surface area contributed by atoms with Crippen LogP contribution in [0.2, 0.25) is 0 Å². The van der Waals surface area contributed by atoms with Crippen LogP contribution in [0.3, 0.4) is 0 Å². The molecule has 3 atom stereocenters. The van der Waals surface area contributed by atoms with E-state index >= 15 is 0 Å². The van der Waals surface area contributed by atoms with Crippen LogP contribution in [0.15, 0.2) is 0 Å². The highest BCUT2D eigenvalue weighted by atomic mass is 16.2. The molecule has 2 nitrogen and oxygen atoms in total. The number of hydrogen-bond donors (Lipinski definition) is 0. The van der Waals surface area contributed by atoms with E-state index < -0.39 is 0 Å². The van der Waals surface area contributed by atoms with Gasteiger partial charge in [-0.2, -0.15) is 0 Å². The quantitative estimate of drug-likeness (QED) is 0.513. The number of hydrogen-bond acceptors (Lipinski definition) is 1. The molecule has 0 aromatic rings. The van der Waals surface area contributed by atoms with Crippen molar-refractivity contribution in [1.29, 1.82) is 0 Å². The fourth-order valence-corrected chi connectivity index (χ4v) is 2.70. The predicted molar refractivity (Wildman–Crippen MR) is 43.1 cm³/mol. The molecule has 1 heterocycles. The number of amides is 1. The minimum atomic E-state index is 0.299. The van der Waals surface area contributed by atoms with Gasteiger partial charge in [0.1, 0.15) is 0 Å². The van der Waals surface area contributed by atoms with Crippen molar-refractivity contribution in [1.82, 2.24) is 4.90 Å². The topological polar surface area (TPSA) is 20.3 Å². The van der Waals surface area contributed by atoms with Crippen LogP contribution in [0.4, 0.5) is 0 Å². The summed E-state index contributed by atoms with van der Waals surface area (Å²) in [5.41, 5.74) is 0. The molecule has 0 bridgehead atoms. The lowest BCUT2D eigenvalue weighted by Gasteiger charge is -2.17. The van der Waals surface area contributed by atoms with Gasteiger partial charge in [0.15, 0.2) is 0 Å². The molecular formula is C9H15NO. The van der Waals surface area contributed by atoms with Gasteiger partial charge in [0, 0.05) is 19.0 Å². The molecule has 2 heteroatoms. The van der Waals surface area contributed by atoms with E-state index in [2.05, 4.69) is 6.92 Å². The summed E-state index contributed by atoms with van der Waals surface area (Å²) in [7, 11) is 1.95. The maximum atomic E-state index is 11.4. The summed E-state index contributed by atoms with van der Waals surface area (Å²) >= 11 is 0. The van der Waals surface area contributed by atoms with Crippen molar-refractivity contribution in [2.45, 2.75) is 32.2 Å². The van der Waals surface area contributed by atoms with Gasteiger partial charge in [-0.05, 0) is 18.8 Å². The van der Waals surface area contributed by atoms with Crippen molar-refractivity contribution in [2.75, 3.05) is 7.05 Å². The van der Waals surface area contributed by atoms with E-state index in [4.69, 9.17) is 0 Å². The molecule has 3 unspecified atom stereocenters. The smallest absolute Gasteiger partial charge is 0.225 e. The van der Waals surface area contributed by atoms with Gasteiger partial charge in [-0.1, -0.05) is 13.3 Å². The summed E-state index contributed by atoms with van der Waals surface area (Å²) in [6, 6.07) is 0.581. The van der Waals surface area contributed by atoms with Crippen LogP contribution in [0.25, 0.3) is 0 Å². The van der Waals surface area contributed by atoms with E-state index in [0.29, 0.717) is 23.8 Å². The minimum absolute atomic E-state index is 0.299. The molecule has 0 aromatic heterocycles. The maximum absolute atomic E-state index is 11.4. The van der Waals surface area contributed by atoms with Gasteiger partial charge in [-0.3, -0.25) is 4.79 Å². The van der Waals surface area contributed by atoms with Gasteiger partial charge in [0.2, 0.25) is 5.91 Å². The first-order valence-electron chi connectivity index (χ1n) is 4.48. The molecule has 62 valence electrons. The Bertz CT molecular complexity index is 172. The third-order valence-electron chi connectivity index (χ3n) is 3.41. The average Bonchev–Trinajstić information content (AvgIpc) is 2.53. The summed E-state index contributed by atoms with van der Waals surface area (Å²) in [6.07, 6.45) is 3.82. The van der Waals surface area contributed by atoms with Crippen molar-refractivity contribution in [3.05, 3.63) is 0 Å². The second kappa shape index (κ2) is 2.23. The zero-order valence-corrected chi connectivity index (χ0v) is 7.21. The number of nitrogens with zero attached hydrogens (tertiary/aromatic N) is 1. The summed E-state index contributed by atoms with van der Waals surface area (Å²) in [6.45, 7) is 2.08. The summed E-state index contributed by atoms with van der Waals surface area (Å²) < 4.78 is 0. The van der Waals surface area contributed by atoms with Gasteiger partial charge in [-0.15, -0.1) is 0 Å². The normalized spacial score (nSPS) is 43.3. The Morgan fingerprint density at radius 3 is 2.82 bits per heavy atom. The second-order valence-electron chi connectivity index (χ2n) is 3.90. The monoisotopic (exact) mass is 153 g/mol. The summed E-state index contributed by atoms with van der Waals surface area (Å²) in [5, 5.41) is 0. The van der Waals surface area contributed by atoms with E-state index in [-0.39, 0.29) is 0 Å². The molecule has 0 N–H and O–H groups in total. The fraction of sp³-hybridized carbons (Fsp3) is 0.889. The Morgan fingerprint density at radius 1 is 1.45 bits per heavy atom. The van der Waals surface area contributed by atoms with Gasteiger partial charge in [0.25, 0.3) is 0 Å². The molecule has 0 spiro atoms. The molecule has 1 aliphatic heterocycles. The van der Waals surface area contributed by atoms with Crippen LogP contribution in [0, 0.1) is 11.8 Å². The molecule has 11 heavy (non-hydrogen) atoms. The van der Waals surface area contributed by atoms with Crippen LogP contribution >= 0.6 is 0 Å². The molecule has 0 aromatic carbocycles. The third kappa shape index (κ3) is 0.815. The van der Waals surface area contributed by atoms with E-state index in [0.717, 1.165) is 0 Å². The fourth-order valence-electron chi connectivity index (χ4n) is 2.70. The molecule has 2 rings (SSSR count).